The molecule has 4 aliphatic carbocycles. The van der Waals surface area contributed by atoms with E-state index in [0.29, 0.717) is 30.1 Å². The van der Waals surface area contributed by atoms with Crippen molar-refractivity contribution in [3.05, 3.63) is 47.6 Å². The summed E-state index contributed by atoms with van der Waals surface area (Å²) in [4.78, 5) is 25.9. The van der Waals surface area contributed by atoms with Gasteiger partial charge in [0.2, 0.25) is 0 Å². The molecular weight excluding hydrogens is 444 g/mol. The molecule has 5 atom stereocenters. The molecule has 3 nitrogen and oxygen atoms in total. The molecule has 5 unspecified atom stereocenters. The lowest BCUT2D eigenvalue weighted by Gasteiger charge is -2.44. The molecule has 0 aromatic heterocycles. The molecule has 0 aliphatic heterocycles. The third-order valence-corrected chi connectivity index (χ3v) is 10.2. The summed E-state index contributed by atoms with van der Waals surface area (Å²) in [5.41, 5.74) is 3.46. The van der Waals surface area contributed by atoms with Crippen molar-refractivity contribution in [1.82, 2.24) is 0 Å². The van der Waals surface area contributed by atoms with E-state index < -0.39 is 5.41 Å². The van der Waals surface area contributed by atoms with Crippen molar-refractivity contribution in [2.75, 3.05) is 0 Å². The van der Waals surface area contributed by atoms with Crippen LogP contribution in [0.15, 0.2) is 47.6 Å². The van der Waals surface area contributed by atoms with Crippen LogP contribution in [0.3, 0.4) is 0 Å². The van der Waals surface area contributed by atoms with Gasteiger partial charge in [0, 0.05) is 6.42 Å². The molecule has 4 fully saturated rings. The van der Waals surface area contributed by atoms with Crippen LogP contribution in [-0.2, 0) is 9.59 Å². The van der Waals surface area contributed by atoms with E-state index in [2.05, 4.69) is 52.5 Å². The predicted octanol–water partition coefficient (Wildman–Crippen LogP) is 7.70. The van der Waals surface area contributed by atoms with Crippen molar-refractivity contribution in [2.45, 2.75) is 111 Å². The lowest BCUT2D eigenvalue weighted by atomic mass is 9.61. The third-order valence-electron chi connectivity index (χ3n) is 10.2. The van der Waals surface area contributed by atoms with Crippen LogP contribution in [0.5, 0.6) is 0 Å². The molecule has 0 aromatic carbocycles. The van der Waals surface area contributed by atoms with Crippen molar-refractivity contribution >= 4 is 11.6 Å². The summed E-state index contributed by atoms with van der Waals surface area (Å²) in [5, 5.41) is 10.2. The Morgan fingerprint density at radius 3 is 2.50 bits per heavy atom. The fourth-order valence-corrected chi connectivity index (χ4v) is 7.48. The molecule has 0 aromatic rings. The van der Waals surface area contributed by atoms with Gasteiger partial charge < -0.3 is 5.11 Å². The molecule has 4 aliphatic rings. The van der Waals surface area contributed by atoms with Gasteiger partial charge in [-0.15, -0.1) is 0 Å². The van der Waals surface area contributed by atoms with Gasteiger partial charge in [0.25, 0.3) is 0 Å². The van der Waals surface area contributed by atoms with Crippen molar-refractivity contribution < 1.29 is 14.7 Å². The summed E-state index contributed by atoms with van der Waals surface area (Å²) in [7, 11) is 0. The Morgan fingerprint density at radius 1 is 1.08 bits per heavy atom. The molecule has 0 bridgehead atoms. The number of ketones is 2. The Balaban J connectivity index is 1.41. The summed E-state index contributed by atoms with van der Waals surface area (Å²) in [5.74, 6) is 2.22. The molecule has 0 amide bonds. The molecule has 198 valence electrons. The highest BCUT2D eigenvalue weighted by molar-refractivity contribution is 6.14. The highest BCUT2D eigenvalue weighted by atomic mass is 16.3. The van der Waals surface area contributed by atoms with E-state index in [1.807, 2.05) is 0 Å². The zero-order chi connectivity index (χ0) is 26.1. The van der Waals surface area contributed by atoms with E-state index in [4.69, 9.17) is 0 Å². The van der Waals surface area contributed by atoms with E-state index in [1.165, 1.54) is 37.7 Å². The third kappa shape index (κ3) is 5.57. The van der Waals surface area contributed by atoms with Crippen LogP contribution in [0.1, 0.15) is 105 Å². The second-order valence-corrected chi connectivity index (χ2v) is 13.1. The maximum atomic E-state index is 13.1. The van der Waals surface area contributed by atoms with E-state index in [0.717, 1.165) is 44.1 Å². The number of carbonyl (C=O) groups excluding carboxylic acids is 2. The Labute approximate surface area is 219 Å². The molecule has 36 heavy (non-hydrogen) atoms. The molecule has 0 saturated heterocycles. The average Bonchev–Trinajstić information content (AvgIpc) is 3.58. The van der Waals surface area contributed by atoms with Gasteiger partial charge in [-0.05, 0) is 111 Å². The topological polar surface area (TPSA) is 54.4 Å². The Kier molecular flexibility index (Phi) is 8.29. The fraction of sp³-hybridized carbons (Fsp3) is 0.697. The van der Waals surface area contributed by atoms with Gasteiger partial charge in [0.05, 0.1) is 11.5 Å². The second kappa shape index (κ2) is 10.9. The number of hydrogen-bond acceptors (Lipinski definition) is 3. The first-order valence-electron chi connectivity index (χ1n) is 14.6. The van der Waals surface area contributed by atoms with Crippen molar-refractivity contribution in [1.29, 1.82) is 0 Å². The van der Waals surface area contributed by atoms with Crippen LogP contribution in [0, 0.1) is 34.5 Å². The van der Waals surface area contributed by atoms with Crippen molar-refractivity contribution in [3.8, 4) is 0 Å². The zero-order valence-electron chi connectivity index (χ0n) is 23.2. The first-order chi connectivity index (χ1) is 17.1. The number of allylic oxidation sites excluding steroid dienone is 5. The van der Waals surface area contributed by atoms with Crippen LogP contribution >= 0.6 is 0 Å². The second-order valence-electron chi connectivity index (χ2n) is 13.1. The molecule has 3 heteroatoms. The number of rotatable bonds is 9. The van der Waals surface area contributed by atoms with Gasteiger partial charge in [-0.1, -0.05) is 63.6 Å². The molecular formula is C33H48O3. The van der Waals surface area contributed by atoms with Crippen molar-refractivity contribution in [3.63, 3.8) is 0 Å². The average molecular weight is 493 g/mol. The molecule has 0 heterocycles. The van der Waals surface area contributed by atoms with Gasteiger partial charge in [-0.3, -0.25) is 9.59 Å². The maximum Gasteiger partial charge on any atom is 0.168 e. The summed E-state index contributed by atoms with van der Waals surface area (Å²) < 4.78 is 0. The highest BCUT2D eigenvalue weighted by Crippen LogP contribution is 2.59. The predicted molar refractivity (Wildman–Crippen MR) is 147 cm³/mol. The number of carbonyl (C=O) groups is 2. The van der Waals surface area contributed by atoms with Gasteiger partial charge in [0.15, 0.2) is 5.78 Å². The molecule has 0 spiro atoms. The van der Waals surface area contributed by atoms with Gasteiger partial charge in [-0.2, -0.15) is 0 Å². The smallest absolute Gasteiger partial charge is 0.168 e. The lowest BCUT2D eigenvalue weighted by Crippen LogP contribution is -2.35. The van der Waals surface area contributed by atoms with E-state index in [-0.39, 0.29) is 23.1 Å². The summed E-state index contributed by atoms with van der Waals surface area (Å²) in [6.45, 7) is 13.0. The van der Waals surface area contributed by atoms with Crippen LogP contribution in [0.4, 0.5) is 0 Å². The van der Waals surface area contributed by atoms with E-state index in [9.17, 15) is 14.7 Å². The largest absolute Gasteiger partial charge is 0.388 e. The highest BCUT2D eigenvalue weighted by Gasteiger charge is 2.54. The lowest BCUT2D eigenvalue weighted by molar-refractivity contribution is -0.132. The number of aliphatic hydroxyl groups is 1. The number of hydrogen-bond donors (Lipinski definition) is 1. The number of Topliss-reactive ketones (excluding diaryl/α,β-unsaturated/α-hetero) is 1. The number of fused-ring (bicyclic) bond motifs is 1. The van der Waals surface area contributed by atoms with Crippen LogP contribution < -0.4 is 0 Å². The number of aliphatic hydroxyl groups excluding tert-OH is 1. The molecule has 4 rings (SSSR count). The van der Waals surface area contributed by atoms with Gasteiger partial charge in [-0.25, -0.2) is 0 Å². The maximum absolute atomic E-state index is 13.1. The molecule has 4 saturated carbocycles. The van der Waals surface area contributed by atoms with Crippen LogP contribution in [-0.4, -0.2) is 22.8 Å². The zero-order valence-corrected chi connectivity index (χ0v) is 23.2. The minimum absolute atomic E-state index is 0.0519. The van der Waals surface area contributed by atoms with Crippen LogP contribution in [0.2, 0.25) is 0 Å². The monoisotopic (exact) mass is 492 g/mol. The molecule has 0 radical (unpaired) electrons. The quantitative estimate of drug-likeness (QED) is 0.204. The minimum atomic E-state index is -0.694. The Morgan fingerprint density at radius 2 is 1.83 bits per heavy atom. The standard InChI is InChI=1S/C33H48O3/c1-22(2)8-16-30(35)33(19-20-33)31(36)17-10-23(3)27-14-15-28-26(7-6-18-32(27,28)5)13-12-25-11-9-24(4)29(34)21-25/h10,12-13,17,22-23,27-29,34H,4,6-9,11,14-16,18-21H2,1-3,5H3/b17-10+,25-12-,26-13+. The van der Waals surface area contributed by atoms with Gasteiger partial charge >= 0.3 is 0 Å². The molecule has 1 N–H and O–H groups in total. The SMILES string of the molecule is C=C1CC/C(=C/C=C2\CCCC3(C)C2CCC3C(C)/C=C/C(=O)C2(C(=O)CCC(C)C)CC2)CC1O. The summed E-state index contributed by atoms with van der Waals surface area (Å²) in [6.07, 6.45) is 19.8. The van der Waals surface area contributed by atoms with Crippen molar-refractivity contribution in [2.24, 2.45) is 34.5 Å². The van der Waals surface area contributed by atoms with Crippen LogP contribution in [0.25, 0.3) is 0 Å². The van der Waals surface area contributed by atoms with E-state index in [1.54, 1.807) is 11.6 Å². The first-order valence-corrected chi connectivity index (χ1v) is 14.6. The first kappa shape index (κ1) is 27.3. The Bertz CT molecular complexity index is 959. The Hall–Kier alpha value is -1.74. The normalized spacial score (nSPS) is 34.9. The van der Waals surface area contributed by atoms with E-state index >= 15 is 0 Å². The summed E-state index contributed by atoms with van der Waals surface area (Å²) >= 11 is 0. The minimum Gasteiger partial charge on any atom is -0.388 e. The summed E-state index contributed by atoms with van der Waals surface area (Å²) in [6, 6.07) is 0. The fourth-order valence-electron chi connectivity index (χ4n) is 7.48. The van der Waals surface area contributed by atoms with Gasteiger partial charge in [0.1, 0.15) is 5.78 Å².